The Morgan fingerprint density at radius 2 is 1.91 bits per heavy atom. The van der Waals surface area contributed by atoms with Crippen LogP contribution in [-0.2, 0) is 10.2 Å². The summed E-state index contributed by atoms with van der Waals surface area (Å²) in [6.07, 6.45) is 3.67. The maximum absolute atomic E-state index is 12.0. The van der Waals surface area contributed by atoms with E-state index in [1.807, 2.05) is 18.2 Å². The Hall–Kier alpha value is -2.01. The quantitative estimate of drug-likeness (QED) is 0.505. The lowest BCUT2D eigenvalue weighted by Gasteiger charge is -2.16. The second-order valence-electron chi connectivity index (χ2n) is 5.58. The zero-order valence-corrected chi connectivity index (χ0v) is 13.0. The van der Waals surface area contributed by atoms with Crippen LogP contribution in [0, 0.1) is 5.21 Å². The molecule has 1 aliphatic carbocycles. The van der Waals surface area contributed by atoms with Gasteiger partial charge < -0.3 is 10.5 Å². The van der Waals surface area contributed by atoms with Gasteiger partial charge in [0.1, 0.15) is 0 Å². The zero-order chi connectivity index (χ0) is 15.4. The molecule has 1 aromatic carbocycles. The van der Waals surface area contributed by atoms with E-state index in [2.05, 4.69) is 17.4 Å². The van der Waals surface area contributed by atoms with Crippen LogP contribution in [0.25, 0.3) is 0 Å². The van der Waals surface area contributed by atoms with Crippen LogP contribution in [-0.4, -0.2) is 18.2 Å². The minimum Gasteiger partial charge on any atom is -0.618 e. The van der Waals surface area contributed by atoms with Crippen LogP contribution in [0.15, 0.2) is 59.8 Å². The van der Waals surface area contributed by atoms with Crippen molar-refractivity contribution >= 4 is 17.7 Å². The van der Waals surface area contributed by atoms with Gasteiger partial charge in [0.05, 0.1) is 5.75 Å². The molecule has 0 aliphatic heterocycles. The normalized spacial score (nSPS) is 15.3. The molecule has 114 valence electrons. The van der Waals surface area contributed by atoms with Gasteiger partial charge in [-0.3, -0.25) is 4.79 Å². The van der Waals surface area contributed by atoms with Crippen LogP contribution in [0.3, 0.4) is 0 Å². The lowest BCUT2D eigenvalue weighted by Crippen LogP contribution is -2.34. The maximum atomic E-state index is 12.0. The topological polar surface area (TPSA) is 56.0 Å². The summed E-state index contributed by atoms with van der Waals surface area (Å²) in [5.74, 6) is 0.230. The fourth-order valence-corrected chi connectivity index (χ4v) is 3.24. The zero-order valence-electron chi connectivity index (χ0n) is 12.2. The molecule has 3 rings (SSSR count). The molecule has 0 saturated heterocycles. The standard InChI is InChI=1S/C17H18N2O2S/c20-15(12-22-16-8-4-5-11-19(16)21)18-13-17(9-10-17)14-6-2-1-3-7-14/h1-8,11H,9-10,12-13H2,(H,18,20). The molecule has 0 radical (unpaired) electrons. The van der Waals surface area contributed by atoms with Crippen LogP contribution in [0.5, 0.6) is 0 Å². The summed E-state index contributed by atoms with van der Waals surface area (Å²) >= 11 is 1.26. The lowest BCUT2D eigenvalue weighted by atomic mass is 9.96. The number of benzene rings is 1. The van der Waals surface area contributed by atoms with Crippen LogP contribution in [0.2, 0.25) is 0 Å². The first-order valence-electron chi connectivity index (χ1n) is 7.33. The van der Waals surface area contributed by atoms with Gasteiger partial charge in [0.15, 0.2) is 6.20 Å². The molecule has 1 aromatic heterocycles. The summed E-state index contributed by atoms with van der Waals surface area (Å²) in [4.78, 5) is 12.0. The van der Waals surface area contributed by atoms with E-state index in [9.17, 15) is 10.0 Å². The molecule has 0 atom stereocenters. The summed E-state index contributed by atoms with van der Waals surface area (Å²) in [6, 6.07) is 15.5. The lowest BCUT2D eigenvalue weighted by molar-refractivity contribution is -0.645. The molecule has 1 heterocycles. The van der Waals surface area contributed by atoms with Gasteiger partial charge in [-0.1, -0.05) is 30.3 Å². The van der Waals surface area contributed by atoms with Crippen molar-refractivity contribution in [3.8, 4) is 0 Å². The highest BCUT2D eigenvalue weighted by Crippen LogP contribution is 2.47. The van der Waals surface area contributed by atoms with E-state index in [0.29, 0.717) is 11.6 Å². The average Bonchev–Trinajstić information content (AvgIpc) is 3.34. The predicted octanol–water partition coefficient (Wildman–Crippen LogP) is 2.26. The van der Waals surface area contributed by atoms with Crippen molar-refractivity contribution in [3.05, 3.63) is 65.5 Å². The van der Waals surface area contributed by atoms with E-state index in [4.69, 9.17) is 0 Å². The Labute approximate surface area is 134 Å². The largest absolute Gasteiger partial charge is 0.618 e. The number of pyridine rings is 1. The molecule has 0 spiro atoms. The molecule has 1 aliphatic rings. The Bertz CT molecular complexity index is 657. The Balaban J connectivity index is 1.50. The molecule has 1 saturated carbocycles. The Morgan fingerprint density at radius 1 is 1.18 bits per heavy atom. The van der Waals surface area contributed by atoms with Gasteiger partial charge in [-0.15, -0.1) is 0 Å². The van der Waals surface area contributed by atoms with E-state index in [0.717, 1.165) is 17.6 Å². The van der Waals surface area contributed by atoms with Crippen molar-refractivity contribution in [2.75, 3.05) is 12.3 Å². The molecule has 22 heavy (non-hydrogen) atoms. The first kappa shape index (κ1) is 14.9. The van der Waals surface area contributed by atoms with Crippen LogP contribution >= 0.6 is 11.8 Å². The van der Waals surface area contributed by atoms with E-state index >= 15 is 0 Å². The minimum atomic E-state index is -0.0314. The maximum Gasteiger partial charge on any atom is 0.251 e. The number of thioether (sulfide) groups is 1. The van der Waals surface area contributed by atoms with Crippen molar-refractivity contribution < 1.29 is 9.52 Å². The molecule has 2 aromatic rings. The van der Waals surface area contributed by atoms with E-state index in [1.54, 1.807) is 18.2 Å². The number of nitrogens with one attached hydrogen (secondary N) is 1. The van der Waals surface area contributed by atoms with Gasteiger partial charge in [0.2, 0.25) is 5.91 Å². The monoisotopic (exact) mass is 314 g/mol. The van der Waals surface area contributed by atoms with Crippen molar-refractivity contribution in [1.29, 1.82) is 0 Å². The molecule has 1 N–H and O–H groups in total. The SMILES string of the molecule is O=C(CSc1cccc[n+]1[O-])NCC1(c2ccccc2)CC1. The van der Waals surface area contributed by atoms with Gasteiger partial charge in [-0.2, -0.15) is 4.73 Å². The van der Waals surface area contributed by atoms with Crippen molar-refractivity contribution in [2.45, 2.75) is 23.3 Å². The number of aromatic nitrogens is 1. The Morgan fingerprint density at radius 3 is 2.59 bits per heavy atom. The van der Waals surface area contributed by atoms with Crippen molar-refractivity contribution in [3.63, 3.8) is 0 Å². The van der Waals surface area contributed by atoms with Gasteiger partial charge in [-0.25, -0.2) is 0 Å². The van der Waals surface area contributed by atoms with E-state index in [1.165, 1.54) is 23.5 Å². The summed E-state index contributed by atoms with van der Waals surface area (Å²) in [7, 11) is 0. The number of hydrogen-bond donors (Lipinski definition) is 1. The Kier molecular flexibility index (Phi) is 4.34. The summed E-state index contributed by atoms with van der Waals surface area (Å²) < 4.78 is 0.782. The van der Waals surface area contributed by atoms with Crippen molar-refractivity contribution in [2.24, 2.45) is 0 Å². The summed E-state index contributed by atoms with van der Waals surface area (Å²) in [5.41, 5.74) is 1.41. The third kappa shape index (κ3) is 3.42. The first-order valence-corrected chi connectivity index (χ1v) is 8.31. The number of carbonyl (C=O) groups is 1. The van der Waals surface area contributed by atoms with E-state index in [-0.39, 0.29) is 17.1 Å². The molecular weight excluding hydrogens is 296 g/mol. The third-order valence-corrected chi connectivity index (χ3v) is 5.02. The average molecular weight is 314 g/mol. The molecule has 4 nitrogen and oxygen atoms in total. The third-order valence-electron chi connectivity index (χ3n) is 4.00. The van der Waals surface area contributed by atoms with Crippen LogP contribution < -0.4 is 10.0 Å². The number of carbonyl (C=O) groups excluding carboxylic acids is 1. The van der Waals surface area contributed by atoms with E-state index < -0.39 is 0 Å². The smallest absolute Gasteiger partial charge is 0.251 e. The molecule has 5 heteroatoms. The number of nitrogens with zero attached hydrogens (tertiary/aromatic N) is 1. The number of hydrogen-bond acceptors (Lipinski definition) is 3. The molecule has 1 fully saturated rings. The number of amides is 1. The summed E-state index contributed by atoms with van der Waals surface area (Å²) in [5, 5.41) is 15.1. The molecule has 1 amide bonds. The van der Waals surface area contributed by atoms with Gasteiger partial charge >= 0.3 is 0 Å². The second kappa shape index (κ2) is 6.40. The highest BCUT2D eigenvalue weighted by atomic mass is 32.2. The van der Waals surface area contributed by atoms with Gasteiger partial charge in [0.25, 0.3) is 5.03 Å². The van der Waals surface area contributed by atoms with Crippen LogP contribution in [0.4, 0.5) is 0 Å². The van der Waals surface area contributed by atoms with Crippen LogP contribution in [0.1, 0.15) is 18.4 Å². The van der Waals surface area contributed by atoms with Gasteiger partial charge in [0, 0.05) is 24.1 Å². The molecule has 0 bridgehead atoms. The first-order chi connectivity index (χ1) is 10.7. The molecule has 0 unspecified atom stereocenters. The number of rotatable bonds is 6. The highest BCUT2D eigenvalue weighted by Gasteiger charge is 2.44. The molecular formula is C17H18N2O2S. The minimum absolute atomic E-state index is 0.0314. The predicted molar refractivity (Wildman–Crippen MR) is 86.5 cm³/mol. The van der Waals surface area contributed by atoms with Crippen molar-refractivity contribution in [1.82, 2.24) is 5.32 Å². The van der Waals surface area contributed by atoms with Gasteiger partial charge in [-0.05, 0) is 36.2 Å². The fraction of sp³-hybridized carbons (Fsp3) is 0.294. The second-order valence-corrected chi connectivity index (χ2v) is 6.57. The highest BCUT2D eigenvalue weighted by molar-refractivity contribution is 7.99. The summed E-state index contributed by atoms with van der Waals surface area (Å²) in [6.45, 7) is 0.669. The fourth-order valence-electron chi connectivity index (χ4n) is 2.49.